The normalized spacial score (nSPS) is 12.0. The van der Waals surface area contributed by atoms with Crippen LogP contribution in [0.25, 0.3) is 10.9 Å². The lowest BCUT2D eigenvalue weighted by Gasteiger charge is -2.18. The number of carbonyl (C=O) groups excluding carboxylic acids is 1. The van der Waals surface area contributed by atoms with E-state index in [0.29, 0.717) is 19.7 Å². The second-order valence-corrected chi connectivity index (χ2v) is 5.88. The maximum atomic E-state index is 12.0. The minimum absolute atomic E-state index is 0.0746. The molecular formula is C20H23N3O2. The Hall–Kier alpha value is -2.79. The molecule has 3 N–H and O–H groups in total. The van der Waals surface area contributed by atoms with Crippen molar-refractivity contribution < 1.29 is 9.53 Å². The lowest BCUT2D eigenvalue weighted by molar-refractivity contribution is 0.196. The SMILES string of the molecule is COCCNC(=O)NC[C@@H](c1ccccc1)c1c[nH]c2ccccc12. The summed E-state index contributed by atoms with van der Waals surface area (Å²) in [6.45, 7) is 1.51. The number of H-pyrrole nitrogens is 1. The van der Waals surface area contributed by atoms with Crippen LogP contribution < -0.4 is 10.6 Å². The first kappa shape index (κ1) is 17.0. The molecule has 0 saturated carbocycles. The molecule has 0 aliphatic carbocycles. The van der Waals surface area contributed by atoms with E-state index in [2.05, 4.69) is 39.9 Å². The average molecular weight is 337 g/mol. The number of ether oxygens (including phenoxy) is 1. The fraction of sp³-hybridized carbons (Fsp3) is 0.250. The zero-order valence-electron chi connectivity index (χ0n) is 14.3. The smallest absolute Gasteiger partial charge is 0.314 e. The van der Waals surface area contributed by atoms with Gasteiger partial charge in [0.25, 0.3) is 0 Å². The van der Waals surface area contributed by atoms with Gasteiger partial charge in [0, 0.05) is 43.2 Å². The van der Waals surface area contributed by atoms with Gasteiger partial charge in [-0.3, -0.25) is 0 Å². The maximum Gasteiger partial charge on any atom is 0.314 e. The molecule has 0 bridgehead atoms. The summed E-state index contributed by atoms with van der Waals surface area (Å²) in [5.41, 5.74) is 3.45. The van der Waals surface area contributed by atoms with Gasteiger partial charge in [-0.2, -0.15) is 0 Å². The number of aromatic amines is 1. The highest BCUT2D eigenvalue weighted by molar-refractivity contribution is 5.84. The third kappa shape index (κ3) is 4.19. The molecule has 0 aliphatic rings. The molecule has 3 rings (SSSR count). The standard InChI is InChI=1S/C20H23N3O2/c1-25-12-11-21-20(24)23-13-17(15-7-3-2-4-8-15)18-14-22-19-10-6-5-9-16(18)19/h2-10,14,17,22H,11-13H2,1H3,(H2,21,23,24)/t17-/m0/s1. The number of carbonyl (C=O) groups is 1. The predicted octanol–water partition coefficient (Wildman–Crippen LogP) is 3.25. The molecule has 2 aromatic carbocycles. The van der Waals surface area contributed by atoms with Crippen LogP contribution in [0, 0.1) is 0 Å². The molecule has 5 nitrogen and oxygen atoms in total. The average Bonchev–Trinajstić information content (AvgIpc) is 3.07. The number of rotatable bonds is 7. The van der Waals surface area contributed by atoms with Crippen LogP contribution in [0.1, 0.15) is 17.0 Å². The van der Waals surface area contributed by atoms with E-state index in [1.54, 1.807) is 7.11 Å². The monoisotopic (exact) mass is 337 g/mol. The van der Waals surface area contributed by atoms with E-state index in [4.69, 9.17) is 4.74 Å². The maximum absolute atomic E-state index is 12.0. The highest BCUT2D eigenvalue weighted by atomic mass is 16.5. The van der Waals surface area contributed by atoms with Crippen molar-refractivity contribution in [3.8, 4) is 0 Å². The van der Waals surface area contributed by atoms with Gasteiger partial charge in [-0.25, -0.2) is 4.79 Å². The van der Waals surface area contributed by atoms with Crippen molar-refractivity contribution in [2.75, 3.05) is 26.8 Å². The van der Waals surface area contributed by atoms with E-state index in [1.807, 2.05) is 36.5 Å². The Morgan fingerprint density at radius 1 is 1.08 bits per heavy atom. The lowest BCUT2D eigenvalue weighted by atomic mass is 9.91. The number of aromatic nitrogens is 1. The summed E-state index contributed by atoms with van der Waals surface area (Å²) < 4.78 is 4.95. The second kappa shape index (κ2) is 8.35. The van der Waals surface area contributed by atoms with Gasteiger partial charge >= 0.3 is 6.03 Å². The van der Waals surface area contributed by atoms with Gasteiger partial charge in [0.1, 0.15) is 0 Å². The minimum atomic E-state index is -0.183. The minimum Gasteiger partial charge on any atom is -0.383 e. The van der Waals surface area contributed by atoms with E-state index in [1.165, 1.54) is 16.5 Å². The molecule has 3 aromatic rings. The van der Waals surface area contributed by atoms with E-state index >= 15 is 0 Å². The van der Waals surface area contributed by atoms with Crippen LogP contribution in [0.5, 0.6) is 0 Å². The summed E-state index contributed by atoms with van der Waals surface area (Å²) in [4.78, 5) is 15.3. The molecule has 25 heavy (non-hydrogen) atoms. The van der Waals surface area contributed by atoms with Crippen molar-refractivity contribution in [2.24, 2.45) is 0 Å². The van der Waals surface area contributed by atoms with Crippen LogP contribution in [0.4, 0.5) is 4.79 Å². The van der Waals surface area contributed by atoms with Crippen molar-refractivity contribution in [3.63, 3.8) is 0 Å². The third-order valence-corrected chi connectivity index (χ3v) is 4.26. The molecule has 1 aromatic heterocycles. The number of urea groups is 1. The molecule has 0 fully saturated rings. The first-order valence-corrected chi connectivity index (χ1v) is 8.41. The first-order chi connectivity index (χ1) is 12.3. The van der Waals surface area contributed by atoms with Gasteiger partial charge in [-0.1, -0.05) is 48.5 Å². The van der Waals surface area contributed by atoms with Crippen molar-refractivity contribution in [2.45, 2.75) is 5.92 Å². The van der Waals surface area contributed by atoms with E-state index in [9.17, 15) is 4.79 Å². The molecule has 0 radical (unpaired) electrons. The van der Waals surface area contributed by atoms with Gasteiger partial charge in [-0.05, 0) is 17.2 Å². The molecule has 1 heterocycles. The number of amides is 2. The Morgan fingerprint density at radius 2 is 1.84 bits per heavy atom. The van der Waals surface area contributed by atoms with Crippen molar-refractivity contribution in [1.29, 1.82) is 0 Å². The summed E-state index contributed by atoms with van der Waals surface area (Å²) in [6.07, 6.45) is 2.03. The Labute approximate surface area is 147 Å². The van der Waals surface area contributed by atoms with Crippen molar-refractivity contribution in [3.05, 3.63) is 71.9 Å². The van der Waals surface area contributed by atoms with Crippen LogP contribution >= 0.6 is 0 Å². The van der Waals surface area contributed by atoms with E-state index < -0.39 is 0 Å². The fourth-order valence-electron chi connectivity index (χ4n) is 3.00. The molecule has 0 saturated heterocycles. The van der Waals surface area contributed by atoms with E-state index in [-0.39, 0.29) is 11.9 Å². The quantitative estimate of drug-likeness (QED) is 0.580. The highest BCUT2D eigenvalue weighted by Gasteiger charge is 2.18. The number of methoxy groups -OCH3 is 1. The third-order valence-electron chi connectivity index (χ3n) is 4.26. The van der Waals surface area contributed by atoms with Gasteiger partial charge in [0.15, 0.2) is 0 Å². The Kier molecular flexibility index (Phi) is 5.69. The first-order valence-electron chi connectivity index (χ1n) is 8.41. The number of nitrogens with one attached hydrogen (secondary N) is 3. The highest BCUT2D eigenvalue weighted by Crippen LogP contribution is 2.30. The van der Waals surface area contributed by atoms with Crippen LogP contribution in [-0.4, -0.2) is 37.8 Å². The number of hydrogen-bond acceptors (Lipinski definition) is 2. The van der Waals surface area contributed by atoms with Gasteiger partial charge < -0.3 is 20.4 Å². The Bertz CT molecular complexity index is 814. The number of fused-ring (bicyclic) bond motifs is 1. The topological polar surface area (TPSA) is 66.2 Å². The largest absolute Gasteiger partial charge is 0.383 e. The zero-order valence-corrected chi connectivity index (χ0v) is 14.3. The number of hydrogen-bond donors (Lipinski definition) is 3. The fourth-order valence-corrected chi connectivity index (χ4v) is 3.00. The molecule has 130 valence electrons. The van der Waals surface area contributed by atoms with Gasteiger partial charge in [0.05, 0.1) is 6.61 Å². The summed E-state index contributed by atoms with van der Waals surface area (Å²) in [5.74, 6) is 0.0746. The molecule has 0 unspecified atom stereocenters. The van der Waals surface area contributed by atoms with Crippen LogP contribution in [0.3, 0.4) is 0 Å². The zero-order chi connectivity index (χ0) is 17.5. The molecule has 5 heteroatoms. The van der Waals surface area contributed by atoms with Crippen LogP contribution in [-0.2, 0) is 4.74 Å². The van der Waals surface area contributed by atoms with Crippen molar-refractivity contribution in [1.82, 2.24) is 15.6 Å². The van der Waals surface area contributed by atoms with Crippen LogP contribution in [0.2, 0.25) is 0 Å². The second-order valence-electron chi connectivity index (χ2n) is 5.88. The van der Waals surface area contributed by atoms with Crippen LogP contribution in [0.15, 0.2) is 60.8 Å². The van der Waals surface area contributed by atoms with Crippen molar-refractivity contribution >= 4 is 16.9 Å². The Morgan fingerprint density at radius 3 is 2.64 bits per heavy atom. The number of para-hydroxylation sites is 1. The molecular weight excluding hydrogens is 314 g/mol. The molecule has 0 aliphatic heterocycles. The molecule has 2 amide bonds. The number of benzene rings is 2. The molecule has 1 atom stereocenters. The van der Waals surface area contributed by atoms with Gasteiger partial charge in [0.2, 0.25) is 0 Å². The summed E-state index contributed by atoms with van der Waals surface area (Å²) in [5, 5.41) is 6.94. The lowest BCUT2D eigenvalue weighted by Crippen LogP contribution is -2.39. The van der Waals surface area contributed by atoms with E-state index in [0.717, 1.165) is 5.52 Å². The summed E-state index contributed by atoms with van der Waals surface area (Å²) in [6, 6.07) is 18.3. The Balaban J connectivity index is 1.80. The summed E-state index contributed by atoms with van der Waals surface area (Å²) in [7, 11) is 1.61. The summed E-state index contributed by atoms with van der Waals surface area (Å²) >= 11 is 0. The predicted molar refractivity (Wildman–Crippen MR) is 99.9 cm³/mol. The molecule has 0 spiro atoms. The van der Waals surface area contributed by atoms with Gasteiger partial charge in [-0.15, -0.1) is 0 Å².